The molecule has 0 aromatic heterocycles. The van der Waals surface area contributed by atoms with E-state index in [0.29, 0.717) is 30.3 Å². The topological polar surface area (TPSA) is 103 Å². The van der Waals surface area contributed by atoms with Crippen LogP contribution in [-0.2, 0) is 14.4 Å². The molecule has 0 saturated carbocycles. The van der Waals surface area contributed by atoms with Crippen LogP contribution in [0.3, 0.4) is 0 Å². The Labute approximate surface area is 185 Å². The Morgan fingerprint density at radius 1 is 1.00 bits per heavy atom. The van der Waals surface area contributed by atoms with Crippen molar-refractivity contribution >= 4 is 29.1 Å². The molecule has 3 amide bonds. The second-order valence-electron chi connectivity index (χ2n) is 7.54. The normalized spacial score (nSPS) is 18.0. The standard InChI is InChI=1S/C22H25N5O5/c1-14-4-7-16(8-5-14)25-10-11-26-20(29)21(30)27(24-22(25)26)13-19(28)23-15-6-9-17(31-2)18(12-15)32-3/h4-9,12,22,24H,10-11,13H2,1-3H3,(H,23,28). The molecule has 2 aliphatic rings. The summed E-state index contributed by atoms with van der Waals surface area (Å²) in [5.74, 6) is -0.875. The van der Waals surface area contributed by atoms with Gasteiger partial charge in [-0.3, -0.25) is 24.3 Å². The van der Waals surface area contributed by atoms with Crippen LogP contribution in [0.1, 0.15) is 5.56 Å². The highest BCUT2D eigenvalue weighted by Gasteiger charge is 2.45. The summed E-state index contributed by atoms with van der Waals surface area (Å²) in [7, 11) is 3.02. The number of aryl methyl sites for hydroxylation is 1. The summed E-state index contributed by atoms with van der Waals surface area (Å²) in [6.45, 7) is 2.66. The number of hydrazine groups is 1. The van der Waals surface area contributed by atoms with Crippen molar-refractivity contribution in [3.8, 4) is 11.5 Å². The van der Waals surface area contributed by atoms with Crippen LogP contribution < -0.4 is 25.1 Å². The third kappa shape index (κ3) is 4.04. The van der Waals surface area contributed by atoms with Crippen molar-refractivity contribution in [2.24, 2.45) is 0 Å². The second kappa shape index (κ2) is 8.75. The van der Waals surface area contributed by atoms with Gasteiger partial charge in [-0.2, -0.15) is 5.43 Å². The number of fused-ring (bicyclic) bond motifs is 1. The van der Waals surface area contributed by atoms with Crippen LogP contribution in [0.15, 0.2) is 42.5 Å². The number of benzene rings is 2. The Balaban J connectivity index is 1.46. The number of methoxy groups -OCH3 is 2. The molecular weight excluding hydrogens is 414 g/mol. The van der Waals surface area contributed by atoms with Crippen LogP contribution in [0.2, 0.25) is 0 Å². The number of rotatable bonds is 6. The van der Waals surface area contributed by atoms with E-state index in [1.54, 1.807) is 18.2 Å². The maximum atomic E-state index is 12.6. The van der Waals surface area contributed by atoms with E-state index in [2.05, 4.69) is 10.7 Å². The van der Waals surface area contributed by atoms with Crippen molar-refractivity contribution in [3.63, 3.8) is 0 Å². The van der Waals surface area contributed by atoms with E-state index in [1.165, 1.54) is 19.1 Å². The second-order valence-corrected chi connectivity index (χ2v) is 7.54. The van der Waals surface area contributed by atoms with Gasteiger partial charge < -0.3 is 19.7 Å². The van der Waals surface area contributed by atoms with E-state index in [4.69, 9.17) is 9.47 Å². The van der Waals surface area contributed by atoms with Gasteiger partial charge >= 0.3 is 11.8 Å². The summed E-state index contributed by atoms with van der Waals surface area (Å²) in [6, 6.07) is 12.9. The van der Waals surface area contributed by atoms with Gasteiger partial charge in [0.1, 0.15) is 6.54 Å². The molecule has 2 aromatic rings. The lowest BCUT2D eigenvalue weighted by Crippen LogP contribution is -2.68. The maximum absolute atomic E-state index is 12.6. The quantitative estimate of drug-likeness (QED) is 0.646. The van der Waals surface area contributed by atoms with Crippen LogP contribution in [0.4, 0.5) is 11.4 Å². The molecule has 2 aliphatic heterocycles. The molecule has 0 bridgehead atoms. The van der Waals surface area contributed by atoms with E-state index in [9.17, 15) is 14.4 Å². The molecule has 2 aromatic carbocycles. The average Bonchev–Trinajstić information content (AvgIpc) is 3.21. The predicted octanol–water partition coefficient (Wildman–Crippen LogP) is 0.930. The first-order valence-electron chi connectivity index (χ1n) is 10.1. The van der Waals surface area contributed by atoms with Crippen molar-refractivity contribution in [2.75, 3.05) is 44.1 Å². The molecule has 2 N–H and O–H groups in total. The minimum Gasteiger partial charge on any atom is -0.493 e. The van der Waals surface area contributed by atoms with Crippen molar-refractivity contribution < 1.29 is 23.9 Å². The Morgan fingerprint density at radius 2 is 1.69 bits per heavy atom. The number of carbonyl (C=O) groups is 3. The molecule has 4 rings (SSSR count). The fourth-order valence-corrected chi connectivity index (χ4v) is 3.80. The summed E-state index contributed by atoms with van der Waals surface area (Å²) >= 11 is 0. The van der Waals surface area contributed by atoms with Gasteiger partial charge in [0.05, 0.1) is 14.2 Å². The summed E-state index contributed by atoms with van der Waals surface area (Å²) in [5.41, 5.74) is 5.55. The molecule has 2 heterocycles. The number of nitrogens with one attached hydrogen (secondary N) is 2. The molecule has 1 unspecified atom stereocenters. The van der Waals surface area contributed by atoms with Gasteiger partial charge in [-0.15, -0.1) is 0 Å². The van der Waals surface area contributed by atoms with Gasteiger partial charge in [0, 0.05) is 30.5 Å². The number of hydrogen-bond acceptors (Lipinski definition) is 7. The van der Waals surface area contributed by atoms with Crippen LogP contribution in [-0.4, -0.2) is 67.8 Å². The van der Waals surface area contributed by atoms with Gasteiger partial charge in [0.15, 0.2) is 17.8 Å². The molecule has 1 atom stereocenters. The van der Waals surface area contributed by atoms with Gasteiger partial charge in [-0.05, 0) is 31.2 Å². The Morgan fingerprint density at radius 3 is 2.38 bits per heavy atom. The summed E-state index contributed by atoms with van der Waals surface area (Å²) in [6.07, 6.45) is -0.545. The molecule has 10 heteroatoms. The first-order chi connectivity index (χ1) is 15.4. The van der Waals surface area contributed by atoms with Crippen LogP contribution in [0.5, 0.6) is 11.5 Å². The van der Waals surface area contributed by atoms with E-state index in [-0.39, 0.29) is 6.54 Å². The van der Waals surface area contributed by atoms with E-state index < -0.39 is 24.0 Å². The molecule has 10 nitrogen and oxygen atoms in total. The van der Waals surface area contributed by atoms with E-state index in [0.717, 1.165) is 16.3 Å². The zero-order valence-electron chi connectivity index (χ0n) is 18.1. The van der Waals surface area contributed by atoms with Crippen molar-refractivity contribution in [1.82, 2.24) is 15.3 Å². The number of anilines is 2. The molecule has 2 saturated heterocycles. The minimum atomic E-state index is -0.769. The smallest absolute Gasteiger partial charge is 0.326 e. The van der Waals surface area contributed by atoms with Gasteiger partial charge in [0.25, 0.3) is 0 Å². The number of ether oxygens (including phenoxy) is 2. The van der Waals surface area contributed by atoms with E-state index >= 15 is 0 Å². The molecule has 32 heavy (non-hydrogen) atoms. The van der Waals surface area contributed by atoms with Gasteiger partial charge in [-0.25, -0.2) is 0 Å². The van der Waals surface area contributed by atoms with Crippen LogP contribution in [0, 0.1) is 6.92 Å². The largest absolute Gasteiger partial charge is 0.493 e. The fraction of sp³-hybridized carbons (Fsp3) is 0.318. The van der Waals surface area contributed by atoms with E-state index in [1.807, 2.05) is 36.1 Å². The first-order valence-corrected chi connectivity index (χ1v) is 10.1. The van der Waals surface area contributed by atoms with Crippen molar-refractivity contribution in [1.29, 1.82) is 0 Å². The lowest BCUT2D eigenvalue weighted by atomic mass is 10.2. The zero-order chi connectivity index (χ0) is 22.8. The number of amides is 3. The van der Waals surface area contributed by atoms with Gasteiger partial charge in [-0.1, -0.05) is 17.7 Å². The summed E-state index contributed by atoms with van der Waals surface area (Å²) < 4.78 is 10.4. The monoisotopic (exact) mass is 439 g/mol. The van der Waals surface area contributed by atoms with Crippen LogP contribution in [0.25, 0.3) is 0 Å². The predicted molar refractivity (Wildman–Crippen MR) is 117 cm³/mol. The number of carbonyl (C=O) groups excluding carboxylic acids is 3. The highest BCUT2D eigenvalue weighted by Crippen LogP contribution is 2.30. The highest BCUT2D eigenvalue weighted by atomic mass is 16.5. The van der Waals surface area contributed by atoms with Gasteiger partial charge in [0.2, 0.25) is 5.91 Å². The Bertz CT molecular complexity index is 1040. The lowest BCUT2D eigenvalue weighted by molar-refractivity contribution is -0.163. The zero-order valence-corrected chi connectivity index (χ0v) is 18.1. The Hall–Kier alpha value is -3.79. The molecule has 0 spiro atoms. The van der Waals surface area contributed by atoms with Crippen LogP contribution >= 0.6 is 0 Å². The maximum Gasteiger partial charge on any atom is 0.326 e. The third-order valence-corrected chi connectivity index (χ3v) is 5.47. The van der Waals surface area contributed by atoms with Crippen molar-refractivity contribution in [2.45, 2.75) is 13.2 Å². The lowest BCUT2D eigenvalue weighted by Gasteiger charge is -2.40. The molecular formula is C22H25N5O5. The minimum absolute atomic E-state index is 0.328. The number of hydrogen-bond donors (Lipinski definition) is 2. The Kier molecular flexibility index (Phi) is 5.87. The molecule has 2 fully saturated rings. The molecule has 0 radical (unpaired) electrons. The highest BCUT2D eigenvalue weighted by molar-refractivity contribution is 6.35. The molecule has 168 valence electrons. The summed E-state index contributed by atoms with van der Waals surface area (Å²) in [4.78, 5) is 41.3. The average molecular weight is 439 g/mol. The summed E-state index contributed by atoms with van der Waals surface area (Å²) in [5, 5.41) is 3.77. The number of nitrogens with zero attached hydrogens (tertiary/aromatic N) is 3. The molecule has 0 aliphatic carbocycles. The first kappa shape index (κ1) is 21.4. The van der Waals surface area contributed by atoms with Crippen molar-refractivity contribution in [3.05, 3.63) is 48.0 Å². The third-order valence-electron chi connectivity index (χ3n) is 5.47. The fourth-order valence-electron chi connectivity index (χ4n) is 3.80. The SMILES string of the molecule is COc1ccc(NC(=O)CN2NC3N(CCN3c3ccc(C)cc3)C(=O)C2=O)cc1OC.